The minimum absolute atomic E-state index is 0.0777. The Morgan fingerprint density at radius 2 is 1.96 bits per heavy atom. The highest BCUT2D eigenvalue weighted by atomic mass is 32.1. The van der Waals surface area contributed by atoms with E-state index < -0.39 is 5.56 Å². The smallest absolute Gasteiger partial charge is 0.264 e. The van der Waals surface area contributed by atoms with E-state index in [1.165, 1.54) is 10.8 Å². The Balaban J connectivity index is 2.33. The van der Waals surface area contributed by atoms with Crippen molar-refractivity contribution >= 4 is 18.4 Å². The standard InChI is InChI=1S/C18H24N4O3S/c1-4-21(5-2)11-10-19-12-15-16(23)20-18(26)22(17(15)24)13-6-8-14(25-3)9-7-13/h6-9,12,24H,4-5,10-11H2,1-3H3,(H,20,23,26). The predicted molar refractivity (Wildman–Crippen MR) is 106 cm³/mol. The van der Waals surface area contributed by atoms with E-state index in [0.29, 0.717) is 18.0 Å². The molecule has 0 saturated carbocycles. The number of aromatic hydroxyl groups is 1. The fraction of sp³-hybridized carbons (Fsp3) is 0.389. The highest BCUT2D eigenvalue weighted by Crippen LogP contribution is 2.21. The topological polar surface area (TPSA) is 82.8 Å². The number of ether oxygens (including phenoxy) is 1. The molecule has 0 unspecified atom stereocenters. The molecule has 2 N–H and O–H groups in total. The van der Waals surface area contributed by atoms with Crippen LogP contribution in [-0.2, 0) is 0 Å². The van der Waals surface area contributed by atoms with Crippen LogP contribution in [0.15, 0.2) is 34.1 Å². The first-order valence-corrected chi connectivity index (χ1v) is 8.87. The Morgan fingerprint density at radius 1 is 1.31 bits per heavy atom. The van der Waals surface area contributed by atoms with Crippen molar-refractivity contribution in [1.82, 2.24) is 14.5 Å². The minimum atomic E-state index is -0.469. The number of aliphatic imine (C=N–C) groups is 1. The highest BCUT2D eigenvalue weighted by Gasteiger charge is 2.12. The van der Waals surface area contributed by atoms with E-state index in [1.54, 1.807) is 31.4 Å². The van der Waals surface area contributed by atoms with Crippen molar-refractivity contribution in [3.8, 4) is 17.3 Å². The van der Waals surface area contributed by atoms with Gasteiger partial charge in [0.05, 0.1) is 19.3 Å². The summed E-state index contributed by atoms with van der Waals surface area (Å²) in [6.45, 7) is 7.39. The molecule has 0 amide bonds. The number of methoxy groups -OCH3 is 1. The number of aromatic amines is 1. The van der Waals surface area contributed by atoms with Crippen LogP contribution in [0.3, 0.4) is 0 Å². The summed E-state index contributed by atoms with van der Waals surface area (Å²) in [4.78, 5) is 21.2. The number of aromatic nitrogens is 2. The van der Waals surface area contributed by atoms with Crippen molar-refractivity contribution in [3.63, 3.8) is 0 Å². The van der Waals surface area contributed by atoms with Crippen LogP contribution >= 0.6 is 12.2 Å². The molecule has 1 aromatic heterocycles. The molecule has 0 saturated heterocycles. The highest BCUT2D eigenvalue weighted by molar-refractivity contribution is 7.71. The van der Waals surface area contributed by atoms with E-state index in [1.807, 2.05) is 0 Å². The van der Waals surface area contributed by atoms with Crippen molar-refractivity contribution in [1.29, 1.82) is 0 Å². The second-order valence-electron chi connectivity index (χ2n) is 5.59. The van der Waals surface area contributed by atoms with Gasteiger partial charge in [-0.05, 0) is 49.6 Å². The molecule has 0 spiro atoms. The Bertz CT molecular complexity index is 867. The van der Waals surface area contributed by atoms with Gasteiger partial charge in [-0.1, -0.05) is 13.8 Å². The molecular formula is C18H24N4O3S. The quantitative estimate of drug-likeness (QED) is 0.546. The van der Waals surface area contributed by atoms with Gasteiger partial charge in [0, 0.05) is 12.8 Å². The molecule has 140 valence electrons. The van der Waals surface area contributed by atoms with E-state index in [4.69, 9.17) is 17.0 Å². The first kappa shape index (κ1) is 19.9. The van der Waals surface area contributed by atoms with Crippen LogP contribution < -0.4 is 10.3 Å². The number of likely N-dealkylation sites (N-methyl/N-ethyl adjacent to an activating group) is 1. The van der Waals surface area contributed by atoms with Gasteiger partial charge in [0.25, 0.3) is 5.56 Å². The predicted octanol–water partition coefficient (Wildman–Crippen LogP) is 2.37. The lowest BCUT2D eigenvalue weighted by Gasteiger charge is -2.16. The summed E-state index contributed by atoms with van der Waals surface area (Å²) in [7, 11) is 1.57. The molecular weight excluding hydrogens is 352 g/mol. The fourth-order valence-corrected chi connectivity index (χ4v) is 2.81. The van der Waals surface area contributed by atoms with Crippen LogP contribution in [0, 0.1) is 4.77 Å². The number of nitrogens with one attached hydrogen (secondary N) is 1. The number of H-pyrrole nitrogens is 1. The average Bonchev–Trinajstić information content (AvgIpc) is 2.64. The molecule has 8 heteroatoms. The molecule has 26 heavy (non-hydrogen) atoms. The van der Waals surface area contributed by atoms with Gasteiger partial charge < -0.3 is 14.7 Å². The van der Waals surface area contributed by atoms with E-state index in [2.05, 4.69) is 28.7 Å². The Morgan fingerprint density at radius 3 is 2.54 bits per heavy atom. The molecule has 7 nitrogen and oxygen atoms in total. The molecule has 0 bridgehead atoms. The lowest BCUT2D eigenvalue weighted by molar-refractivity contribution is 0.313. The summed E-state index contributed by atoms with van der Waals surface area (Å²) in [6.07, 6.45) is 1.40. The van der Waals surface area contributed by atoms with Gasteiger partial charge in [-0.25, -0.2) is 0 Å². The number of benzene rings is 1. The van der Waals surface area contributed by atoms with Crippen molar-refractivity contribution in [2.45, 2.75) is 13.8 Å². The zero-order chi connectivity index (χ0) is 19.1. The van der Waals surface area contributed by atoms with Crippen LogP contribution in [-0.4, -0.2) is 59.1 Å². The second-order valence-corrected chi connectivity index (χ2v) is 5.98. The summed E-state index contributed by atoms with van der Waals surface area (Å²) in [5, 5.41) is 10.6. The summed E-state index contributed by atoms with van der Waals surface area (Å²) in [5.74, 6) is 0.442. The van der Waals surface area contributed by atoms with Crippen LogP contribution in [0.25, 0.3) is 5.69 Å². The van der Waals surface area contributed by atoms with E-state index in [-0.39, 0.29) is 16.2 Å². The van der Waals surface area contributed by atoms with Gasteiger partial charge in [-0.2, -0.15) is 0 Å². The lowest BCUT2D eigenvalue weighted by Crippen LogP contribution is -2.25. The van der Waals surface area contributed by atoms with Gasteiger partial charge >= 0.3 is 0 Å². The number of hydrogen-bond acceptors (Lipinski definition) is 6. The van der Waals surface area contributed by atoms with E-state index in [9.17, 15) is 9.90 Å². The number of rotatable bonds is 8. The maximum absolute atomic E-state index is 12.2. The summed E-state index contributed by atoms with van der Waals surface area (Å²) in [5.41, 5.74) is 0.222. The minimum Gasteiger partial charge on any atom is -0.497 e. The maximum Gasteiger partial charge on any atom is 0.264 e. The number of nitrogens with zero attached hydrogens (tertiary/aromatic N) is 3. The maximum atomic E-state index is 12.2. The van der Waals surface area contributed by atoms with E-state index in [0.717, 1.165) is 19.6 Å². The van der Waals surface area contributed by atoms with Gasteiger partial charge in [-0.15, -0.1) is 0 Å². The van der Waals surface area contributed by atoms with Crippen LogP contribution in [0.1, 0.15) is 19.4 Å². The van der Waals surface area contributed by atoms with Crippen molar-refractivity contribution in [2.75, 3.05) is 33.3 Å². The molecule has 0 radical (unpaired) electrons. The molecule has 2 rings (SSSR count). The molecule has 0 aliphatic rings. The SMILES string of the molecule is CCN(CC)CCN=Cc1c(O)n(-c2ccc(OC)cc2)c(=S)[nH]c1=O. The third-order valence-corrected chi connectivity index (χ3v) is 4.40. The molecule has 1 heterocycles. The summed E-state index contributed by atoms with van der Waals surface area (Å²) < 4.78 is 6.63. The lowest BCUT2D eigenvalue weighted by atomic mass is 10.2. The summed E-state index contributed by atoms with van der Waals surface area (Å²) >= 11 is 5.20. The fourth-order valence-electron chi connectivity index (χ4n) is 2.52. The number of hydrogen-bond donors (Lipinski definition) is 2. The van der Waals surface area contributed by atoms with Gasteiger partial charge in [-0.3, -0.25) is 19.3 Å². The monoisotopic (exact) mass is 376 g/mol. The molecule has 0 fully saturated rings. The van der Waals surface area contributed by atoms with Gasteiger partial charge in [0.2, 0.25) is 5.88 Å². The van der Waals surface area contributed by atoms with E-state index >= 15 is 0 Å². The first-order valence-electron chi connectivity index (χ1n) is 8.46. The van der Waals surface area contributed by atoms with Gasteiger partial charge in [0.15, 0.2) is 4.77 Å². The van der Waals surface area contributed by atoms with Crippen LogP contribution in [0.2, 0.25) is 0 Å². The largest absolute Gasteiger partial charge is 0.497 e. The molecule has 0 aliphatic carbocycles. The third-order valence-electron chi connectivity index (χ3n) is 4.11. The van der Waals surface area contributed by atoms with Crippen molar-refractivity contribution in [3.05, 3.63) is 45.0 Å². The van der Waals surface area contributed by atoms with Crippen molar-refractivity contribution in [2.24, 2.45) is 4.99 Å². The zero-order valence-corrected chi connectivity index (χ0v) is 16.0. The molecule has 1 aromatic carbocycles. The second kappa shape index (κ2) is 9.30. The normalized spacial score (nSPS) is 11.4. The molecule has 2 aromatic rings. The third kappa shape index (κ3) is 4.59. The van der Waals surface area contributed by atoms with Crippen LogP contribution in [0.5, 0.6) is 11.6 Å². The Hall–Kier alpha value is -2.45. The van der Waals surface area contributed by atoms with Crippen LogP contribution in [0.4, 0.5) is 0 Å². The first-order chi connectivity index (χ1) is 12.5. The zero-order valence-electron chi connectivity index (χ0n) is 15.2. The Labute approximate surface area is 157 Å². The Kier molecular flexibility index (Phi) is 7.11. The molecule has 0 aliphatic heterocycles. The van der Waals surface area contributed by atoms with Gasteiger partial charge in [0.1, 0.15) is 11.3 Å². The van der Waals surface area contributed by atoms with Crippen molar-refractivity contribution < 1.29 is 9.84 Å². The average molecular weight is 376 g/mol. The molecule has 0 atom stereocenters. The summed E-state index contributed by atoms with van der Waals surface area (Å²) in [6, 6.07) is 6.99.